The Kier molecular flexibility index (Phi) is 8.75. The first-order valence-corrected chi connectivity index (χ1v) is 15.1. The standard InChI is InChI=1S/C37H36N4O4/c1-24-31-22-35(45-3)34(44-2)21-26(31)17-19-41(24)18-16-25-12-14-29(15-13-25)39-37(43)30-9-5-7-11-33(30)40-36(42)28-20-27-8-4-6-10-32(27)38-23-28/h4-15,20-24H,16-19H2,1-3H3,(H,39,43)(H,40,42). The minimum Gasteiger partial charge on any atom is -0.493 e. The summed E-state index contributed by atoms with van der Waals surface area (Å²) in [5.41, 5.74) is 6.50. The molecular formula is C37H36N4O4. The average Bonchev–Trinajstić information content (AvgIpc) is 3.08. The van der Waals surface area contributed by atoms with Crippen molar-refractivity contribution in [3.05, 3.63) is 125 Å². The summed E-state index contributed by atoms with van der Waals surface area (Å²) in [7, 11) is 3.34. The Hall–Kier alpha value is -5.21. The van der Waals surface area contributed by atoms with Gasteiger partial charge in [-0.05, 0) is 85.0 Å². The Morgan fingerprint density at radius 1 is 0.867 bits per heavy atom. The molecule has 6 rings (SSSR count). The molecule has 0 aliphatic carbocycles. The van der Waals surface area contributed by atoms with E-state index in [2.05, 4.69) is 39.6 Å². The number of pyridine rings is 1. The number of methoxy groups -OCH3 is 2. The summed E-state index contributed by atoms with van der Waals surface area (Å²) in [6, 6.07) is 28.8. The second-order valence-corrected chi connectivity index (χ2v) is 11.2. The summed E-state index contributed by atoms with van der Waals surface area (Å²) >= 11 is 0. The van der Waals surface area contributed by atoms with E-state index >= 15 is 0 Å². The second kappa shape index (κ2) is 13.2. The van der Waals surface area contributed by atoms with Crippen molar-refractivity contribution >= 4 is 34.1 Å². The number of para-hydroxylation sites is 2. The lowest BCUT2D eigenvalue weighted by atomic mass is 9.92. The Labute approximate surface area is 263 Å². The van der Waals surface area contributed by atoms with Gasteiger partial charge in [-0.15, -0.1) is 0 Å². The van der Waals surface area contributed by atoms with Crippen LogP contribution in [-0.2, 0) is 12.8 Å². The Morgan fingerprint density at radius 3 is 2.40 bits per heavy atom. The van der Waals surface area contributed by atoms with Crippen molar-refractivity contribution in [2.45, 2.75) is 25.8 Å². The number of hydrogen-bond acceptors (Lipinski definition) is 6. The van der Waals surface area contributed by atoms with Gasteiger partial charge < -0.3 is 20.1 Å². The molecular weight excluding hydrogens is 564 g/mol. The SMILES string of the molecule is COc1cc2c(cc1OC)C(C)N(CCc1ccc(NC(=O)c3ccccc3NC(=O)c3cnc4ccccc4c3)cc1)CC2. The molecule has 2 N–H and O–H groups in total. The van der Waals surface area contributed by atoms with E-state index in [-0.39, 0.29) is 17.9 Å². The van der Waals surface area contributed by atoms with E-state index in [1.54, 1.807) is 50.7 Å². The first kappa shape index (κ1) is 29.8. The van der Waals surface area contributed by atoms with E-state index in [4.69, 9.17) is 9.47 Å². The number of amides is 2. The van der Waals surface area contributed by atoms with E-state index in [0.29, 0.717) is 22.5 Å². The molecule has 1 aromatic heterocycles. The van der Waals surface area contributed by atoms with Gasteiger partial charge in [-0.1, -0.05) is 42.5 Å². The zero-order valence-electron chi connectivity index (χ0n) is 25.7. The predicted molar refractivity (Wildman–Crippen MR) is 177 cm³/mol. The molecule has 4 aromatic carbocycles. The third-order valence-electron chi connectivity index (χ3n) is 8.48. The van der Waals surface area contributed by atoms with Crippen LogP contribution in [0.3, 0.4) is 0 Å². The van der Waals surface area contributed by atoms with Crippen LogP contribution < -0.4 is 20.1 Å². The highest BCUT2D eigenvalue weighted by Gasteiger charge is 2.25. The fourth-order valence-electron chi connectivity index (χ4n) is 5.91. The van der Waals surface area contributed by atoms with Gasteiger partial charge >= 0.3 is 0 Å². The van der Waals surface area contributed by atoms with E-state index in [9.17, 15) is 9.59 Å². The highest BCUT2D eigenvalue weighted by atomic mass is 16.5. The van der Waals surface area contributed by atoms with Crippen molar-refractivity contribution in [2.75, 3.05) is 37.9 Å². The molecule has 2 heterocycles. The number of nitrogens with zero attached hydrogens (tertiary/aromatic N) is 2. The lowest BCUT2D eigenvalue weighted by Crippen LogP contribution is -2.35. The summed E-state index contributed by atoms with van der Waals surface area (Å²) in [4.78, 5) is 33.2. The van der Waals surface area contributed by atoms with Crippen LogP contribution in [0.25, 0.3) is 10.9 Å². The van der Waals surface area contributed by atoms with E-state index in [0.717, 1.165) is 48.3 Å². The Bertz CT molecular complexity index is 1850. The topological polar surface area (TPSA) is 92.8 Å². The van der Waals surface area contributed by atoms with Gasteiger partial charge in [0.2, 0.25) is 0 Å². The van der Waals surface area contributed by atoms with Gasteiger partial charge in [0.15, 0.2) is 11.5 Å². The minimum atomic E-state index is -0.330. The molecule has 0 bridgehead atoms. The fourth-order valence-corrected chi connectivity index (χ4v) is 5.91. The maximum atomic E-state index is 13.3. The number of anilines is 2. The normalized spacial score (nSPS) is 14.4. The van der Waals surface area contributed by atoms with Gasteiger partial charge in [-0.2, -0.15) is 0 Å². The molecule has 5 aromatic rings. The molecule has 1 aliphatic heterocycles. The van der Waals surface area contributed by atoms with E-state index in [1.165, 1.54) is 16.7 Å². The van der Waals surface area contributed by atoms with Gasteiger partial charge in [0.1, 0.15) is 0 Å². The monoisotopic (exact) mass is 600 g/mol. The molecule has 0 saturated carbocycles. The average molecular weight is 601 g/mol. The Morgan fingerprint density at radius 2 is 1.60 bits per heavy atom. The van der Waals surface area contributed by atoms with E-state index in [1.807, 2.05) is 48.5 Å². The zero-order chi connectivity index (χ0) is 31.3. The number of carbonyl (C=O) groups excluding carboxylic acids is 2. The molecule has 1 aliphatic rings. The van der Waals surface area contributed by atoms with Gasteiger partial charge in [-0.25, -0.2) is 0 Å². The molecule has 8 heteroatoms. The van der Waals surface area contributed by atoms with Crippen LogP contribution in [0.2, 0.25) is 0 Å². The smallest absolute Gasteiger partial charge is 0.257 e. The summed E-state index contributed by atoms with van der Waals surface area (Å²) in [6.45, 7) is 4.13. The molecule has 0 saturated heterocycles. The van der Waals surface area contributed by atoms with Crippen LogP contribution in [0.15, 0.2) is 97.2 Å². The van der Waals surface area contributed by atoms with Crippen LogP contribution >= 0.6 is 0 Å². The molecule has 1 atom stereocenters. The van der Waals surface area contributed by atoms with Crippen molar-refractivity contribution in [2.24, 2.45) is 0 Å². The lowest BCUT2D eigenvalue weighted by molar-refractivity contribution is 0.102. The van der Waals surface area contributed by atoms with Crippen LogP contribution in [0.1, 0.15) is 50.4 Å². The Balaban J connectivity index is 1.07. The molecule has 45 heavy (non-hydrogen) atoms. The third-order valence-corrected chi connectivity index (χ3v) is 8.48. The fraction of sp³-hybridized carbons (Fsp3) is 0.216. The van der Waals surface area contributed by atoms with Gasteiger partial charge in [-0.3, -0.25) is 19.5 Å². The molecule has 0 radical (unpaired) electrons. The number of nitrogens with one attached hydrogen (secondary N) is 2. The van der Waals surface area contributed by atoms with Crippen molar-refractivity contribution in [1.29, 1.82) is 0 Å². The number of fused-ring (bicyclic) bond motifs is 2. The van der Waals surface area contributed by atoms with Crippen LogP contribution in [0.5, 0.6) is 11.5 Å². The summed E-state index contributed by atoms with van der Waals surface area (Å²) in [6.07, 6.45) is 3.40. The van der Waals surface area contributed by atoms with Crippen molar-refractivity contribution in [3.63, 3.8) is 0 Å². The largest absolute Gasteiger partial charge is 0.493 e. The zero-order valence-corrected chi connectivity index (χ0v) is 25.7. The summed E-state index contributed by atoms with van der Waals surface area (Å²) in [5, 5.41) is 6.72. The lowest BCUT2D eigenvalue weighted by Gasteiger charge is -2.35. The van der Waals surface area contributed by atoms with Crippen LogP contribution in [0.4, 0.5) is 11.4 Å². The maximum Gasteiger partial charge on any atom is 0.257 e. The molecule has 228 valence electrons. The first-order chi connectivity index (χ1) is 21.9. The van der Waals surface area contributed by atoms with Gasteiger partial charge in [0.05, 0.1) is 36.6 Å². The number of benzene rings is 4. The maximum absolute atomic E-state index is 13.3. The van der Waals surface area contributed by atoms with E-state index < -0.39 is 0 Å². The molecule has 0 fully saturated rings. The highest BCUT2D eigenvalue weighted by Crippen LogP contribution is 2.38. The van der Waals surface area contributed by atoms with Crippen LogP contribution in [0, 0.1) is 0 Å². The molecule has 8 nitrogen and oxygen atoms in total. The number of aromatic nitrogens is 1. The molecule has 1 unspecified atom stereocenters. The summed E-state index contributed by atoms with van der Waals surface area (Å²) in [5.74, 6) is 0.900. The van der Waals surface area contributed by atoms with Gasteiger partial charge in [0.25, 0.3) is 11.8 Å². The van der Waals surface area contributed by atoms with Crippen molar-refractivity contribution < 1.29 is 19.1 Å². The number of hydrogen-bond donors (Lipinski definition) is 2. The van der Waals surface area contributed by atoms with Crippen molar-refractivity contribution in [1.82, 2.24) is 9.88 Å². The van der Waals surface area contributed by atoms with Crippen molar-refractivity contribution in [3.8, 4) is 11.5 Å². The number of carbonyl (C=O) groups is 2. The second-order valence-electron chi connectivity index (χ2n) is 11.2. The highest BCUT2D eigenvalue weighted by molar-refractivity contribution is 6.13. The first-order valence-electron chi connectivity index (χ1n) is 15.1. The minimum absolute atomic E-state index is 0.269. The number of ether oxygens (including phenoxy) is 2. The quantitative estimate of drug-likeness (QED) is 0.191. The predicted octanol–water partition coefficient (Wildman–Crippen LogP) is 6.92. The third kappa shape index (κ3) is 6.51. The van der Waals surface area contributed by atoms with Crippen LogP contribution in [-0.4, -0.2) is 49.0 Å². The number of rotatable bonds is 9. The van der Waals surface area contributed by atoms with Gasteiger partial charge in [0, 0.05) is 36.4 Å². The summed E-state index contributed by atoms with van der Waals surface area (Å²) < 4.78 is 11.0. The molecule has 2 amide bonds. The molecule has 0 spiro atoms.